The summed E-state index contributed by atoms with van der Waals surface area (Å²) in [5.41, 5.74) is 2.70. The first-order valence-electron chi connectivity index (χ1n) is 10.0. The van der Waals surface area contributed by atoms with Gasteiger partial charge in [-0.2, -0.15) is 4.98 Å². The second kappa shape index (κ2) is 8.07. The van der Waals surface area contributed by atoms with Crippen molar-refractivity contribution in [3.63, 3.8) is 0 Å². The molecule has 2 aromatic carbocycles. The van der Waals surface area contributed by atoms with Gasteiger partial charge in [0.2, 0.25) is 30.0 Å². The van der Waals surface area contributed by atoms with E-state index in [0.29, 0.717) is 40.3 Å². The van der Waals surface area contributed by atoms with Crippen molar-refractivity contribution in [2.75, 3.05) is 17.4 Å². The Morgan fingerprint density at radius 1 is 1.13 bits per heavy atom. The highest BCUT2D eigenvalue weighted by Gasteiger charge is 2.36. The predicted molar refractivity (Wildman–Crippen MR) is 115 cm³/mol. The molecule has 3 aromatic rings. The molecule has 0 radical (unpaired) electrons. The standard InChI is InChI=1S/C22H20N4O4S/c1-3-18(27)26-15-8-6-5-7-14(15)19-20(23-22(25-24-19)31-4-2)30-21(26)13-9-10-16-17(11-13)29-12-28-16/h5-11,21H,3-4,12H2,1-2H3/t21-/m1/s1. The van der Waals surface area contributed by atoms with Gasteiger partial charge in [-0.25, -0.2) is 0 Å². The number of aromatic nitrogens is 3. The highest BCUT2D eigenvalue weighted by Crippen LogP contribution is 2.45. The van der Waals surface area contributed by atoms with Gasteiger partial charge in [-0.1, -0.05) is 43.8 Å². The van der Waals surface area contributed by atoms with Crippen molar-refractivity contribution in [1.82, 2.24) is 15.2 Å². The van der Waals surface area contributed by atoms with Gasteiger partial charge in [-0.3, -0.25) is 9.69 Å². The van der Waals surface area contributed by atoms with Gasteiger partial charge in [0, 0.05) is 17.5 Å². The first-order chi connectivity index (χ1) is 15.2. The molecule has 0 N–H and O–H groups in total. The highest BCUT2D eigenvalue weighted by molar-refractivity contribution is 7.99. The first kappa shape index (κ1) is 19.6. The van der Waals surface area contributed by atoms with Crippen LogP contribution in [0.2, 0.25) is 0 Å². The Hall–Kier alpha value is -3.33. The van der Waals surface area contributed by atoms with Gasteiger partial charge in [0.05, 0.1) is 5.69 Å². The van der Waals surface area contributed by atoms with Crippen LogP contribution in [-0.4, -0.2) is 33.6 Å². The van der Waals surface area contributed by atoms with Crippen molar-refractivity contribution in [3.05, 3.63) is 48.0 Å². The van der Waals surface area contributed by atoms with Gasteiger partial charge < -0.3 is 14.2 Å². The molecule has 0 aliphatic carbocycles. The average Bonchev–Trinajstić information content (AvgIpc) is 3.21. The zero-order valence-electron chi connectivity index (χ0n) is 17.1. The number of para-hydroxylation sites is 1. The van der Waals surface area contributed by atoms with Crippen LogP contribution < -0.4 is 19.1 Å². The maximum absolute atomic E-state index is 13.1. The number of anilines is 1. The number of rotatable bonds is 4. The number of ether oxygens (including phenoxy) is 3. The molecule has 5 rings (SSSR count). The van der Waals surface area contributed by atoms with Crippen LogP contribution in [0.1, 0.15) is 32.1 Å². The maximum atomic E-state index is 13.1. The van der Waals surface area contributed by atoms with E-state index >= 15 is 0 Å². The highest BCUT2D eigenvalue weighted by atomic mass is 32.2. The van der Waals surface area contributed by atoms with Gasteiger partial charge in [-0.05, 0) is 30.0 Å². The van der Waals surface area contributed by atoms with Crippen LogP contribution in [-0.2, 0) is 4.79 Å². The van der Waals surface area contributed by atoms with Crippen LogP contribution in [0.5, 0.6) is 17.4 Å². The zero-order chi connectivity index (χ0) is 21.4. The molecule has 1 amide bonds. The molecule has 2 aliphatic heterocycles. The van der Waals surface area contributed by atoms with E-state index in [9.17, 15) is 4.79 Å². The molecule has 0 spiro atoms. The summed E-state index contributed by atoms with van der Waals surface area (Å²) in [5, 5.41) is 9.17. The van der Waals surface area contributed by atoms with Crippen molar-refractivity contribution >= 4 is 23.4 Å². The third-order valence-corrected chi connectivity index (χ3v) is 5.76. The topological polar surface area (TPSA) is 86.7 Å². The Labute approximate surface area is 183 Å². The minimum absolute atomic E-state index is 0.0842. The first-order valence-corrected chi connectivity index (χ1v) is 11.0. The van der Waals surface area contributed by atoms with E-state index in [1.807, 2.05) is 56.3 Å². The second-order valence-corrected chi connectivity index (χ2v) is 8.13. The molecule has 0 unspecified atom stereocenters. The molecule has 1 aromatic heterocycles. The minimum atomic E-state index is -0.750. The van der Waals surface area contributed by atoms with Crippen molar-refractivity contribution in [2.45, 2.75) is 31.7 Å². The third-order valence-electron chi connectivity index (χ3n) is 5.04. The van der Waals surface area contributed by atoms with Gasteiger partial charge in [0.1, 0.15) is 0 Å². The zero-order valence-corrected chi connectivity index (χ0v) is 17.9. The number of fused-ring (bicyclic) bond motifs is 4. The number of carbonyl (C=O) groups is 1. The quantitative estimate of drug-likeness (QED) is 0.562. The molecule has 31 heavy (non-hydrogen) atoms. The fourth-order valence-corrected chi connectivity index (χ4v) is 4.13. The average molecular weight is 436 g/mol. The summed E-state index contributed by atoms with van der Waals surface area (Å²) in [6, 6.07) is 13.1. The molecular weight excluding hydrogens is 416 g/mol. The van der Waals surface area contributed by atoms with Crippen LogP contribution in [0.15, 0.2) is 47.6 Å². The van der Waals surface area contributed by atoms with E-state index in [-0.39, 0.29) is 12.7 Å². The van der Waals surface area contributed by atoms with Crippen LogP contribution in [0, 0.1) is 0 Å². The summed E-state index contributed by atoms with van der Waals surface area (Å²) in [6.45, 7) is 4.02. The van der Waals surface area contributed by atoms with Gasteiger partial charge in [0.15, 0.2) is 17.2 Å². The number of thioether (sulfide) groups is 1. The predicted octanol–water partition coefficient (Wildman–Crippen LogP) is 4.21. The Bertz CT molecular complexity index is 1160. The molecule has 158 valence electrons. The van der Waals surface area contributed by atoms with E-state index < -0.39 is 6.23 Å². The lowest BCUT2D eigenvalue weighted by molar-refractivity contribution is -0.120. The SMILES string of the molecule is CCSc1nnc2c(n1)O[C@H](c1ccc3c(c1)OCO3)N(C(=O)CC)c1ccccc1-2. The summed E-state index contributed by atoms with van der Waals surface area (Å²) in [5.74, 6) is 2.35. The normalized spacial score (nSPS) is 16.2. The number of benzene rings is 2. The largest absolute Gasteiger partial charge is 0.454 e. The molecule has 2 aliphatic rings. The fraction of sp³-hybridized carbons (Fsp3) is 0.273. The molecule has 8 nitrogen and oxygen atoms in total. The monoisotopic (exact) mass is 436 g/mol. The second-order valence-electron chi connectivity index (χ2n) is 6.90. The molecule has 3 heterocycles. The van der Waals surface area contributed by atoms with Gasteiger partial charge in [-0.15, -0.1) is 10.2 Å². The number of nitrogens with zero attached hydrogens (tertiary/aromatic N) is 4. The number of hydrogen-bond acceptors (Lipinski definition) is 8. The summed E-state index contributed by atoms with van der Waals surface area (Å²) < 4.78 is 17.4. The maximum Gasteiger partial charge on any atom is 0.247 e. The van der Waals surface area contributed by atoms with Crippen molar-refractivity contribution in [1.29, 1.82) is 0 Å². The molecule has 0 saturated heterocycles. The Kier molecular flexibility index (Phi) is 5.11. The van der Waals surface area contributed by atoms with E-state index in [2.05, 4.69) is 15.2 Å². The molecular formula is C22H20N4O4S. The van der Waals surface area contributed by atoms with Crippen LogP contribution in [0.25, 0.3) is 11.3 Å². The Balaban J connectivity index is 1.71. The lowest BCUT2D eigenvalue weighted by Gasteiger charge is -2.30. The van der Waals surface area contributed by atoms with E-state index in [0.717, 1.165) is 16.9 Å². The molecule has 0 saturated carbocycles. The van der Waals surface area contributed by atoms with Crippen molar-refractivity contribution < 1.29 is 19.0 Å². The smallest absolute Gasteiger partial charge is 0.247 e. The van der Waals surface area contributed by atoms with Crippen LogP contribution in [0.3, 0.4) is 0 Å². The van der Waals surface area contributed by atoms with Gasteiger partial charge >= 0.3 is 0 Å². The van der Waals surface area contributed by atoms with Crippen LogP contribution >= 0.6 is 11.8 Å². The molecule has 1 atom stereocenters. The fourth-order valence-electron chi connectivity index (χ4n) is 3.63. The van der Waals surface area contributed by atoms with Crippen molar-refractivity contribution in [3.8, 4) is 28.6 Å². The molecule has 9 heteroatoms. The summed E-state index contributed by atoms with van der Waals surface area (Å²) in [6.07, 6.45) is -0.439. The minimum Gasteiger partial charge on any atom is -0.454 e. The third kappa shape index (κ3) is 3.44. The number of hydrogen-bond donors (Lipinski definition) is 0. The lowest BCUT2D eigenvalue weighted by Crippen LogP contribution is -2.37. The summed E-state index contributed by atoms with van der Waals surface area (Å²) in [4.78, 5) is 19.4. The van der Waals surface area contributed by atoms with Gasteiger partial charge in [0.25, 0.3) is 0 Å². The van der Waals surface area contributed by atoms with E-state index in [1.165, 1.54) is 11.8 Å². The molecule has 0 fully saturated rings. The lowest BCUT2D eigenvalue weighted by atomic mass is 10.1. The molecule has 0 bridgehead atoms. The Morgan fingerprint density at radius 2 is 1.97 bits per heavy atom. The van der Waals surface area contributed by atoms with Crippen LogP contribution in [0.4, 0.5) is 5.69 Å². The summed E-state index contributed by atoms with van der Waals surface area (Å²) in [7, 11) is 0. The Morgan fingerprint density at radius 3 is 2.81 bits per heavy atom. The summed E-state index contributed by atoms with van der Waals surface area (Å²) >= 11 is 1.48. The number of carbonyl (C=O) groups excluding carboxylic acids is 1. The van der Waals surface area contributed by atoms with Crippen molar-refractivity contribution in [2.24, 2.45) is 0 Å². The number of amides is 1. The van der Waals surface area contributed by atoms with E-state index in [4.69, 9.17) is 14.2 Å². The van der Waals surface area contributed by atoms with E-state index in [1.54, 1.807) is 4.90 Å².